The van der Waals surface area contributed by atoms with Gasteiger partial charge >= 0.3 is 0 Å². The van der Waals surface area contributed by atoms with Crippen molar-refractivity contribution < 1.29 is 0 Å². The first kappa shape index (κ1) is 6.72. The fraction of sp³-hybridized carbons (Fsp3) is 0.143. The topological polar surface area (TPSA) is 62.7 Å². The van der Waals surface area contributed by atoms with Crippen LogP contribution in [0.2, 0.25) is 0 Å². The summed E-state index contributed by atoms with van der Waals surface area (Å²) in [5, 5.41) is 8.50. The fourth-order valence-electron chi connectivity index (χ4n) is 0.702. The van der Waals surface area contributed by atoms with E-state index in [-0.39, 0.29) is 0 Å². The van der Waals surface area contributed by atoms with Crippen LogP contribution in [0.15, 0.2) is 18.5 Å². The van der Waals surface area contributed by atoms with Gasteiger partial charge in [-0.05, 0) is 11.6 Å². The van der Waals surface area contributed by atoms with Crippen molar-refractivity contribution in [2.75, 3.05) is 0 Å². The number of rotatable bonds is 1. The second kappa shape index (κ2) is 2.95. The van der Waals surface area contributed by atoms with Crippen molar-refractivity contribution in [1.29, 1.82) is 5.26 Å². The highest BCUT2D eigenvalue weighted by Gasteiger charge is 1.96. The molecule has 0 saturated heterocycles. The number of nitrogens with two attached hydrogens (primary N) is 1. The maximum atomic E-state index is 8.50. The lowest BCUT2D eigenvalue weighted by Gasteiger charge is -1.95. The van der Waals surface area contributed by atoms with Crippen molar-refractivity contribution in [1.82, 2.24) is 4.98 Å². The van der Waals surface area contributed by atoms with Crippen LogP contribution in [0.5, 0.6) is 0 Å². The SMILES string of the molecule is N#Cc1cnccc1CN. The van der Waals surface area contributed by atoms with Crippen LogP contribution in [0.25, 0.3) is 0 Å². The first-order chi connectivity index (χ1) is 4.88. The molecule has 1 heterocycles. The first-order valence-electron chi connectivity index (χ1n) is 2.91. The van der Waals surface area contributed by atoms with Crippen molar-refractivity contribution in [2.45, 2.75) is 6.54 Å². The number of pyridine rings is 1. The van der Waals surface area contributed by atoms with Crippen molar-refractivity contribution in [3.05, 3.63) is 29.6 Å². The minimum absolute atomic E-state index is 0.394. The van der Waals surface area contributed by atoms with Gasteiger partial charge in [-0.15, -0.1) is 0 Å². The summed E-state index contributed by atoms with van der Waals surface area (Å²) in [6, 6.07) is 3.75. The van der Waals surface area contributed by atoms with Gasteiger partial charge in [-0.1, -0.05) is 0 Å². The van der Waals surface area contributed by atoms with Crippen LogP contribution in [-0.4, -0.2) is 4.98 Å². The molecule has 0 amide bonds. The van der Waals surface area contributed by atoms with Gasteiger partial charge in [-0.3, -0.25) is 4.98 Å². The molecule has 0 aliphatic heterocycles. The third-order valence-electron chi connectivity index (χ3n) is 1.25. The lowest BCUT2D eigenvalue weighted by Crippen LogP contribution is -1.99. The minimum atomic E-state index is 0.394. The zero-order chi connectivity index (χ0) is 7.40. The van der Waals surface area contributed by atoms with Gasteiger partial charge in [0.2, 0.25) is 0 Å². The Morgan fingerprint density at radius 2 is 2.50 bits per heavy atom. The predicted molar refractivity (Wildman–Crippen MR) is 36.8 cm³/mol. The number of nitrogens with zero attached hydrogens (tertiary/aromatic N) is 2. The Labute approximate surface area is 59.1 Å². The first-order valence-corrected chi connectivity index (χ1v) is 2.91. The van der Waals surface area contributed by atoms with Gasteiger partial charge in [0.15, 0.2) is 0 Å². The number of hydrogen-bond donors (Lipinski definition) is 1. The molecule has 0 radical (unpaired) electrons. The van der Waals surface area contributed by atoms with Crippen molar-refractivity contribution in [3.8, 4) is 6.07 Å². The zero-order valence-corrected chi connectivity index (χ0v) is 5.41. The van der Waals surface area contributed by atoms with Crippen LogP contribution in [0.4, 0.5) is 0 Å². The van der Waals surface area contributed by atoms with E-state index in [2.05, 4.69) is 4.98 Å². The summed E-state index contributed by atoms with van der Waals surface area (Å²) in [5.41, 5.74) is 6.75. The predicted octanol–water partition coefficient (Wildman–Crippen LogP) is 0.412. The highest BCUT2D eigenvalue weighted by molar-refractivity contribution is 5.34. The number of aromatic nitrogens is 1. The molecule has 0 unspecified atom stereocenters. The summed E-state index contributed by atoms with van der Waals surface area (Å²) in [4.78, 5) is 3.79. The Hall–Kier alpha value is -1.40. The Kier molecular flexibility index (Phi) is 1.98. The maximum Gasteiger partial charge on any atom is 0.101 e. The summed E-state index contributed by atoms with van der Waals surface area (Å²) in [6.07, 6.45) is 3.14. The molecule has 0 saturated carbocycles. The normalized spacial score (nSPS) is 8.80. The van der Waals surface area contributed by atoms with Crippen LogP contribution in [-0.2, 0) is 6.54 Å². The van der Waals surface area contributed by atoms with Gasteiger partial charge in [0, 0.05) is 18.9 Å². The van der Waals surface area contributed by atoms with Gasteiger partial charge in [-0.2, -0.15) is 5.26 Å². The average Bonchev–Trinajstić information content (AvgIpc) is 2.04. The molecule has 0 bridgehead atoms. The van der Waals surface area contributed by atoms with Gasteiger partial charge in [0.1, 0.15) is 6.07 Å². The molecule has 0 fully saturated rings. The molecule has 50 valence electrons. The largest absolute Gasteiger partial charge is 0.326 e. The quantitative estimate of drug-likeness (QED) is 0.603. The summed E-state index contributed by atoms with van der Waals surface area (Å²) in [5.74, 6) is 0. The van der Waals surface area contributed by atoms with E-state index in [1.807, 2.05) is 6.07 Å². The lowest BCUT2D eigenvalue weighted by atomic mass is 10.1. The van der Waals surface area contributed by atoms with E-state index in [0.29, 0.717) is 12.1 Å². The van der Waals surface area contributed by atoms with Gasteiger partial charge in [0.25, 0.3) is 0 Å². The molecule has 0 aliphatic rings. The zero-order valence-electron chi connectivity index (χ0n) is 5.41. The van der Waals surface area contributed by atoms with E-state index in [9.17, 15) is 0 Å². The lowest BCUT2D eigenvalue weighted by molar-refractivity contribution is 1.05. The van der Waals surface area contributed by atoms with Gasteiger partial charge < -0.3 is 5.73 Å². The Morgan fingerprint density at radius 1 is 1.70 bits per heavy atom. The van der Waals surface area contributed by atoms with E-state index >= 15 is 0 Å². The molecule has 0 aliphatic carbocycles. The molecular formula is C7H7N3. The van der Waals surface area contributed by atoms with Crippen LogP contribution in [0.1, 0.15) is 11.1 Å². The molecule has 10 heavy (non-hydrogen) atoms. The van der Waals surface area contributed by atoms with E-state index in [4.69, 9.17) is 11.0 Å². The summed E-state index contributed by atoms with van der Waals surface area (Å²) < 4.78 is 0. The number of hydrogen-bond acceptors (Lipinski definition) is 3. The van der Waals surface area contributed by atoms with Crippen molar-refractivity contribution >= 4 is 0 Å². The van der Waals surface area contributed by atoms with Crippen LogP contribution < -0.4 is 5.73 Å². The van der Waals surface area contributed by atoms with E-state index < -0.39 is 0 Å². The van der Waals surface area contributed by atoms with Crippen LogP contribution in [0.3, 0.4) is 0 Å². The molecule has 2 N–H and O–H groups in total. The van der Waals surface area contributed by atoms with E-state index in [0.717, 1.165) is 5.56 Å². The molecule has 1 aromatic rings. The minimum Gasteiger partial charge on any atom is -0.326 e. The van der Waals surface area contributed by atoms with Crippen LogP contribution in [0, 0.1) is 11.3 Å². The third-order valence-corrected chi connectivity index (χ3v) is 1.25. The van der Waals surface area contributed by atoms with Crippen molar-refractivity contribution in [2.24, 2.45) is 5.73 Å². The third kappa shape index (κ3) is 1.12. The summed E-state index contributed by atoms with van der Waals surface area (Å²) >= 11 is 0. The summed E-state index contributed by atoms with van der Waals surface area (Å²) in [6.45, 7) is 0.394. The van der Waals surface area contributed by atoms with Gasteiger partial charge in [-0.25, -0.2) is 0 Å². The van der Waals surface area contributed by atoms with E-state index in [1.54, 1.807) is 12.3 Å². The highest BCUT2D eigenvalue weighted by Crippen LogP contribution is 2.02. The molecule has 0 spiro atoms. The smallest absolute Gasteiger partial charge is 0.101 e. The second-order valence-electron chi connectivity index (χ2n) is 1.85. The van der Waals surface area contributed by atoms with Gasteiger partial charge in [0.05, 0.1) is 5.56 Å². The molecule has 0 atom stereocenters. The molecule has 0 aromatic carbocycles. The standard InChI is InChI=1S/C7H7N3/c8-3-6-1-2-10-5-7(6)4-9/h1-2,5H,3,8H2. The molecular weight excluding hydrogens is 126 g/mol. The van der Waals surface area contributed by atoms with Crippen molar-refractivity contribution in [3.63, 3.8) is 0 Å². The Bertz CT molecular complexity index is 262. The molecule has 3 heteroatoms. The van der Waals surface area contributed by atoms with E-state index in [1.165, 1.54) is 6.20 Å². The molecule has 3 nitrogen and oxygen atoms in total. The summed E-state index contributed by atoms with van der Waals surface area (Å²) in [7, 11) is 0. The number of nitriles is 1. The molecule has 1 aromatic heterocycles. The maximum absolute atomic E-state index is 8.50. The monoisotopic (exact) mass is 133 g/mol. The van der Waals surface area contributed by atoms with Crippen LogP contribution >= 0.6 is 0 Å². The Balaban J connectivity index is 3.12. The Morgan fingerprint density at radius 3 is 3.00 bits per heavy atom. The average molecular weight is 133 g/mol. The second-order valence-corrected chi connectivity index (χ2v) is 1.85. The molecule has 1 rings (SSSR count). The highest BCUT2D eigenvalue weighted by atomic mass is 14.6. The fourth-order valence-corrected chi connectivity index (χ4v) is 0.702.